The lowest BCUT2D eigenvalue weighted by Crippen LogP contribution is -2.54. The number of rotatable bonds is 5. The summed E-state index contributed by atoms with van der Waals surface area (Å²) in [5.74, 6) is -1.16. The maximum absolute atomic E-state index is 13.8. The van der Waals surface area contributed by atoms with Crippen LogP contribution in [-0.2, 0) is 10.4 Å². The van der Waals surface area contributed by atoms with Crippen molar-refractivity contribution in [2.45, 2.75) is 19.4 Å². The summed E-state index contributed by atoms with van der Waals surface area (Å²) in [5.41, 5.74) is 4.35. The van der Waals surface area contributed by atoms with Crippen molar-refractivity contribution in [3.8, 4) is 0 Å². The second-order valence-corrected chi connectivity index (χ2v) is 8.23. The molecule has 0 aromatic heterocycles. The Morgan fingerprint density at radius 2 is 1.12 bits per heavy atom. The summed E-state index contributed by atoms with van der Waals surface area (Å²) in [6, 6.07) is 31.8. The first kappa shape index (κ1) is 23.0. The van der Waals surface area contributed by atoms with Gasteiger partial charge in [0.25, 0.3) is 11.8 Å². The number of carbonyl (C=O) groups excluding carboxylic acids is 2. The van der Waals surface area contributed by atoms with Gasteiger partial charge in [-0.2, -0.15) is 0 Å². The molecule has 0 bridgehead atoms. The van der Waals surface area contributed by atoms with Gasteiger partial charge in [0.1, 0.15) is 0 Å². The van der Waals surface area contributed by atoms with E-state index in [0.29, 0.717) is 22.4 Å². The largest absolute Gasteiger partial charge is 0.372 e. The van der Waals surface area contributed by atoms with Crippen LogP contribution in [0, 0.1) is 13.8 Å². The maximum Gasteiger partial charge on any atom is 0.280 e. The lowest BCUT2D eigenvalue weighted by molar-refractivity contribution is -0.136. The first-order valence-corrected chi connectivity index (χ1v) is 11.0. The van der Waals surface area contributed by atoms with Gasteiger partial charge in [0.15, 0.2) is 5.60 Å². The molecule has 5 heteroatoms. The molecule has 5 nitrogen and oxygen atoms in total. The molecule has 0 saturated carbocycles. The number of hydrazine groups is 1. The normalized spacial score (nSPS) is 11.0. The van der Waals surface area contributed by atoms with Gasteiger partial charge in [0.2, 0.25) is 0 Å². The van der Waals surface area contributed by atoms with Crippen molar-refractivity contribution in [1.82, 2.24) is 5.43 Å². The maximum atomic E-state index is 13.8. The van der Waals surface area contributed by atoms with E-state index in [4.69, 9.17) is 0 Å². The van der Waals surface area contributed by atoms with Gasteiger partial charge in [-0.3, -0.25) is 15.0 Å². The van der Waals surface area contributed by atoms with Crippen LogP contribution in [0.25, 0.3) is 0 Å². The summed E-state index contributed by atoms with van der Waals surface area (Å²) >= 11 is 0. The minimum Gasteiger partial charge on any atom is -0.372 e. The average Bonchev–Trinajstić information content (AvgIpc) is 2.88. The smallest absolute Gasteiger partial charge is 0.280 e. The van der Waals surface area contributed by atoms with Crippen molar-refractivity contribution in [2.75, 3.05) is 5.01 Å². The Balaban J connectivity index is 1.78. The molecule has 4 rings (SSSR count). The second-order valence-electron chi connectivity index (χ2n) is 8.23. The quantitative estimate of drug-likeness (QED) is 0.424. The zero-order valence-corrected chi connectivity index (χ0v) is 19.1. The van der Waals surface area contributed by atoms with Crippen molar-refractivity contribution in [3.05, 3.63) is 137 Å². The minimum atomic E-state index is -2.02. The number of amides is 2. The van der Waals surface area contributed by atoms with Crippen molar-refractivity contribution in [1.29, 1.82) is 0 Å². The van der Waals surface area contributed by atoms with Crippen LogP contribution in [0.1, 0.15) is 32.6 Å². The Morgan fingerprint density at radius 1 is 0.676 bits per heavy atom. The van der Waals surface area contributed by atoms with E-state index < -0.39 is 17.4 Å². The number of hydrogen-bond acceptors (Lipinski definition) is 3. The Bertz CT molecular complexity index is 1220. The standard InChI is InChI=1S/C29H26N2O3/c1-21-13-17-24(18-14-21)29(34,25-19-15-22(2)16-20-25)28(33)30-31(26-11-7-4-8-12-26)27(32)23-9-5-3-6-10-23/h3-20,34H,1-2H3,(H,30,33). The summed E-state index contributed by atoms with van der Waals surface area (Å²) in [5, 5.41) is 13.1. The summed E-state index contributed by atoms with van der Waals surface area (Å²) in [7, 11) is 0. The molecule has 34 heavy (non-hydrogen) atoms. The lowest BCUT2D eigenvalue weighted by atomic mass is 9.85. The topological polar surface area (TPSA) is 69.6 Å². The van der Waals surface area contributed by atoms with E-state index in [1.54, 1.807) is 72.8 Å². The fourth-order valence-corrected chi connectivity index (χ4v) is 3.72. The Morgan fingerprint density at radius 3 is 1.59 bits per heavy atom. The highest BCUT2D eigenvalue weighted by molar-refractivity contribution is 6.08. The van der Waals surface area contributed by atoms with Crippen LogP contribution >= 0.6 is 0 Å². The average molecular weight is 451 g/mol. The Hall–Kier alpha value is -4.22. The van der Waals surface area contributed by atoms with Crippen LogP contribution in [0.3, 0.4) is 0 Å². The first-order valence-electron chi connectivity index (χ1n) is 11.0. The molecule has 4 aromatic rings. The Labute approximate surface area is 199 Å². The highest BCUT2D eigenvalue weighted by Crippen LogP contribution is 2.31. The molecule has 4 aromatic carbocycles. The van der Waals surface area contributed by atoms with Crippen LogP contribution in [0.5, 0.6) is 0 Å². The minimum absolute atomic E-state index is 0.402. The van der Waals surface area contributed by atoms with Gasteiger partial charge in [0, 0.05) is 5.56 Å². The van der Waals surface area contributed by atoms with Crippen LogP contribution in [0.2, 0.25) is 0 Å². The summed E-state index contributed by atoms with van der Waals surface area (Å²) in [6.07, 6.45) is 0. The van der Waals surface area contributed by atoms with E-state index in [1.165, 1.54) is 5.01 Å². The highest BCUT2D eigenvalue weighted by atomic mass is 16.3. The fourth-order valence-electron chi connectivity index (χ4n) is 3.72. The molecule has 0 heterocycles. The number of benzene rings is 4. The number of nitrogens with zero attached hydrogens (tertiary/aromatic N) is 1. The molecule has 170 valence electrons. The van der Waals surface area contributed by atoms with Gasteiger partial charge in [-0.25, -0.2) is 5.01 Å². The zero-order valence-electron chi connectivity index (χ0n) is 19.1. The van der Waals surface area contributed by atoms with Crippen molar-refractivity contribution in [2.24, 2.45) is 0 Å². The predicted molar refractivity (Wildman–Crippen MR) is 133 cm³/mol. The number of carbonyl (C=O) groups is 2. The number of aliphatic hydroxyl groups is 1. The van der Waals surface area contributed by atoms with Gasteiger partial charge in [-0.15, -0.1) is 0 Å². The van der Waals surface area contributed by atoms with E-state index in [0.717, 1.165) is 11.1 Å². The fraction of sp³-hybridized carbons (Fsp3) is 0.103. The molecule has 0 aliphatic carbocycles. The number of para-hydroxylation sites is 1. The van der Waals surface area contributed by atoms with Crippen molar-refractivity contribution in [3.63, 3.8) is 0 Å². The van der Waals surface area contributed by atoms with Crippen molar-refractivity contribution < 1.29 is 14.7 Å². The van der Waals surface area contributed by atoms with Crippen LogP contribution in [0.4, 0.5) is 5.69 Å². The number of hydrogen-bond donors (Lipinski definition) is 2. The lowest BCUT2D eigenvalue weighted by Gasteiger charge is -2.32. The first-order chi connectivity index (χ1) is 16.4. The van der Waals surface area contributed by atoms with Gasteiger partial charge >= 0.3 is 0 Å². The van der Waals surface area contributed by atoms with E-state index in [9.17, 15) is 14.7 Å². The van der Waals surface area contributed by atoms with Gasteiger partial charge in [-0.1, -0.05) is 96.1 Å². The highest BCUT2D eigenvalue weighted by Gasteiger charge is 2.41. The molecule has 0 aliphatic rings. The summed E-state index contributed by atoms with van der Waals surface area (Å²) < 4.78 is 0. The third kappa shape index (κ3) is 4.60. The summed E-state index contributed by atoms with van der Waals surface area (Å²) in [4.78, 5) is 27.2. The van der Waals surface area contributed by atoms with E-state index in [1.807, 2.05) is 50.2 Å². The van der Waals surface area contributed by atoms with Gasteiger partial charge in [-0.05, 0) is 49.2 Å². The molecule has 0 radical (unpaired) electrons. The molecule has 2 amide bonds. The monoisotopic (exact) mass is 450 g/mol. The van der Waals surface area contributed by atoms with Crippen LogP contribution in [0.15, 0.2) is 109 Å². The molecule has 2 N–H and O–H groups in total. The molecule has 0 spiro atoms. The third-order valence-electron chi connectivity index (χ3n) is 5.72. The van der Waals surface area contributed by atoms with Gasteiger partial charge < -0.3 is 5.11 Å². The van der Waals surface area contributed by atoms with Crippen molar-refractivity contribution >= 4 is 17.5 Å². The van der Waals surface area contributed by atoms with Crippen LogP contribution < -0.4 is 10.4 Å². The SMILES string of the molecule is Cc1ccc(C(O)(C(=O)NN(C(=O)c2ccccc2)c2ccccc2)c2ccc(C)cc2)cc1. The molecule has 0 aliphatic heterocycles. The molecule has 0 atom stereocenters. The molecule has 0 saturated heterocycles. The second kappa shape index (κ2) is 9.73. The Kier molecular flexibility index (Phi) is 6.57. The zero-order chi connectivity index (χ0) is 24.1. The third-order valence-corrected chi connectivity index (χ3v) is 5.72. The number of nitrogens with one attached hydrogen (secondary N) is 1. The molecule has 0 unspecified atom stereocenters. The van der Waals surface area contributed by atoms with E-state index in [2.05, 4.69) is 5.43 Å². The number of anilines is 1. The number of aryl methyl sites for hydroxylation is 2. The summed E-state index contributed by atoms with van der Waals surface area (Å²) in [6.45, 7) is 3.87. The molecular formula is C29H26N2O3. The van der Waals surface area contributed by atoms with Gasteiger partial charge in [0.05, 0.1) is 5.69 Å². The van der Waals surface area contributed by atoms with E-state index in [-0.39, 0.29) is 0 Å². The van der Waals surface area contributed by atoms with E-state index >= 15 is 0 Å². The predicted octanol–water partition coefficient (Wildman–Crippen LogP) is 4.92. The molecule has 0 fully saturated rings. The molecular weight excluding hydrogens is 424 g/mol. The van der Waals surface area contributed by atoms with Crippen LogP contribution in [-0.4, -0.2) is 16.9 Å².